The molecule has 1 rings (SSSR count). The van der Waals surface area contributed by atoms with E-state index in [-0.39, 0.29) is 11.4 Å². The first kappa shape index (κ1) is 15.0. The lowest BCUT2D eigenvalue weighted by molar-refractivity contribution is -0.146. The Morgan fingerprint density at radius 2 is 1.78 bits per heavy atom. The molecular weight excluding hydrogens is 232 g/mol. The van der Waals surface area contributed by atoms with E-state index in [2.05, 4.69) is 10.6 Å². The van der Waals surface area contributed by atoms with Crippen LogP contribution in [-0.2, 0) is 9.59 Å². The Bertz CT molecular complexity index is 320. The van der Waals surface area contributed by atoms with Crippen molar-refractivity contribution in [1.29, 1.82) is 0 Å². The topological polar surface area (TPSA) is 78.4 Å². The summed E-state index contributed by atoms with van der Waals surface area (Å²) in [6.07, 6.45) is 5.76. The number of amides is 1. The molecule has 1 amide bonds. The summed E-state index contributed by atoms with van der Waals surface area (Å²) < 4.78 is 0. The Kier molecular flexibility index (Phi) is 4.73. The minimum atomic E-state index is -1.21. The van der Waals surface area contributed by atoms with Gasteiger partial charge in [0.25, 0.3) is 0 Å². The van der Waals surface area contributed by atoms with Gasteiger partial charge in [0, 0.05) is 12.0 Å². The third-order valence-corrected chi connectivity index (χ3v) is 3.83. The molecule has 5 nitrogen and oxygen atoms in total. The van der Waals surface area contributed by atoms with Crippen LogP contribution < -0.4 is 10.6 Å². The number of carbonyl (C=O) groups excluding carboxylic acids is 1. The van der Waals surface area contributed by atoms with Crippen LogP contribution in [0.25, 0.3) is 0 Å². The highest BCUT2D eigenvalue weighted by molar-refractivity contribution is 5.86. The van der Waals surface area contributed by atoms with Gasteiger partial charge in [-0.3, -0.25) is 4.79 Å². The molecule has 0 aromatic heterocycles. The average Bonchev–Trinajstić information content (AvgIpc) is 2.29. The number of carboxylic acid groups (broad SMARTS) is 1. The van der Waals surface area contributed by atoms with Crippen molar-refractivity contribution in [2.24, 2.45) is 0 Å². The molecule has 18 heavy (non-hydrogen) atoms. The first-order valence-corrected chi connectivity index (χ1v) is 6.55. The molecule has 5 heteroatoms. The predicted molar refractivity (Wildman–Crippen MR) is 69.4 cm³/mol. The SMILES string of the molecule is CNC1(CC(=O)NC(C)(C)C(=O)O)CCCCC1. The minimum Gasteiger partial charge on any atom is -0.480 e. The fourth-order valence-electron chi connectivity index (χ4n) is 2.50. The Hall–Kier alpha value is -1.10. The van der Waals surface area contributed by atoms with Crippen LogP contribution in [0.4, 0.5) is 0 Å². The first-order valence-electron chi connectivity index (χ1n) is 6.55. The van der Waals surface area contributed by atoms with E-state index < -0.39 is 11.5 Å². The van der Waals surface area contributed by atoms with Crippen LogP contribution in [0.3, 0.4) is 0 Å². The molecule has 0 unspecified atom stereocenters. The summed E-state index contributed by atoms with van der Waals surface area (Å²) in [4.78, 5) is 22.9. The van der Waals surface area contributed by atoms with Crippen LogP contribution in [0.2, 0.25) is 0 Å². The van der Waals surface area contributed by atoms with Crippen molar-refractivity contribution in [3.8, 4) is 0 Å². The quantitative estimate of drug-likeness (QED) is 0.692. The maximum atomic E-state index is 12.0. The highest BCUT2D eigenvalue weighted by atomic mass is 16.4. The number of carbonyl (C=O) groups is 2. The number of hydrogen-bond acceptors (Lipinski definition) is 3. The van der Waals surface area contributed by atoms with Gasteiger partial charge in [0.15, 0.2) is 0 Å². The van der Waals surface area contributed by atoms with Crippen LogP contribution in [0.15, 0.2) is 0 Å². The molecule has 0 aromatic carbocycles. The first-order chi connectivity index (χ1) is 8.31. The highest BCUT2D eigenvalue weighted by Crippen LogP contribution is 2.30. The summed E-state index contributed by atoms with van der Waals surface area (Å²) in [6.45, 7) is 3.00. The summed E-state index contributed by atoms with van der Waals surface area (Å²) in [5, 5.41) is 14.8. The van der Waals surface area contributed by atoms with Crippen molar-refractivity contribution >= 4 is 11.9 Å². The number of nitrogens with one attached hydrogen (secondary N) is 2. The standard InChI is InChI=1S/C13H24N2O3/c1-12(2,11(17)18)15-10(16)9-13(14-3)7-5-4-6-8-13/h14H,4-9H2,1-3H3,(H,15,16)(H,17,18). The van der Waals surface area contributed by atoms with Crippen molar-refractivity contribution in [3.05, 3.63) is 0 Å². The van der Waals surface area contributed by atoms with Crippen LogP contribution in [0.1, 0.15) is 52.4 Å². The Balaban J connectivity index is 2.60. The maximum Gasteiger partial charge on any atom is 0.328 e. The van der Waals surface area contributed by atoms with Crippen molar-refractivity contribution in [2.45, 2.75) is 63.5 Å². The van der Waals surface area contributed by atoms with Crippen LogP contribution in [0, 0.1) is 0 Å². The molecule has 1 aliphatic carbocycles. The van der Waals surface area contributed by atoms with Crippen LogP contribution in [0.5, 0.6) is 0 Å². The molecule has 0 aromatic rings. The van der Waals surface area contributed by atoms with Gasteiger partial charge >= 0.3 is 5.97 Å². The van der Waals surface area contributed by atoms with Crippen molar-refractivity contribution in [1.82, 2.24) is 10.6 Å². The molecule has 104 valence electrons. The lowest BCUT2D eigenvalue weighted by atomic mass is 9.79. The molecule has 0 heterocycles. The maximum absolute atomic E-state index is 12.0. The molecular formula is C13H24N2O3. The molecule has 0 aliphatic heterocycles. The third-order valence-electron chi connectivity index (χ3n) is 3.83. The van der Waals surface area contributed by atoms with Gasteiger partial charge in [-0.15, -0.1) is 0 Å². The highest BCUT2D eigenvalue weighted by Gasteiger charge is 2.35. The summed E-state index contributed by atoms with van der Waals surface area (Å²) >= 11 is 0. The molecule has 0 atom stereocenters. The van der Waals surface area contributed by atoms with Crippen molar-refractivity contribution in [3.63, 3.8) is 0 Å². The lowest BCUT2D eigenvalue weighted by Gasteiger charge is -2.37. The van der Waals surface area contributed by atoms with Gasteiger partial charge in [0.2, 0.25) is 5.91 Å². The van der Waals surface area contributed by atoms with Gasteiger partial charge in [0.1, 0.15) is 5.54 Å². The summed E-state index contributed by atoms with van der Waals surface area (Å²) in [6, 6.07) is 0. The second-order valence-corrected chi connectivity index (χ2v) is 5.75. The van der Waals surface area contributed by atoms with Crippen LogP contribution in [-0.4, -0.2) is 35.1 Å². The molecule has 1 aliphatic rings. The number of hydrogen-bond donors (Lipinski definition) is 3. The molecule has 1 saturated carbocycles. The molecule has 0 spiro atoms. The molecule has 3 N–H and O–H groups in total. The van der Waals surface area contributed by atoms with E-state index >= 15 is 0 Å². The molecule has 1 fully saturated rings. The van der Waals surface area contributed by atoms with Gasteiger partial charge in [0.05, 0.1) is 0 Å². The van der Waals surface area contributed by atoms with Gasteiger partial charge in [-0.05, 0) is 33.7 Å². The van der Waals surface area contributed by atoms with Crippen molar-refractivity contribution in [2.75, 3.05) is 7.05 Å². The van der Waals surface area contributed by atoms with E-state index in [1.807, 2.05) is 7.05 Å². The second kappa shape index (κ2) is 5.69. The number of rotatable bonds is 5. The summed E-state index contributed by atoms with van der Waals surface area (Å²) in [5.74, 6) is -1.21. The minimum absolute atomic E-state index is 0.156. The Morgan fingerprint density at radius 1 is 1.22 bits per heavy atom. The van der Waals surface area contributed by atoms with Crippen LogP contribution >= 0.6 is 0 Å². The van der Waals surface area contributed by atoms with Crippen molar-refractivity contribution < 1.29 is 14.7 Å². The fourth-order valence-corrected chi connectivity index (χ4v) is 2.50. The predicted octanol–water partition coefficient (Wildman–Crippen LogP) is 1.28. The smallest absolute Gasteiger partial charge is 0.328 e. The van der Waals surface area contributed by atoms with Gasteiger partial charge in [-0.1, -0.05) is 19.3 Å². The van der Waals surface area contributed by atoms with Gasteiger partial charge in [-0.25, -0.2) is 4.79 Å². The number of aliphatic carboxylic acids is 1. The monoisotopic (exact) mass is 256 g/mol. The summed E-state index contributed by atoms with van der Waals surface area (Å²) in [7, 11) is 1.88. The Labute approximate surface area is 108 Å². The zero-order chi connectivity index (χ0) is 13.8. The fraction of sp³-hybridized carbons (Fsp3) is 0.846. The average molecular weight is 256 g/mol. The van der Waals surface area contributed by atoms with Gasteiger partial charge < -0.3 is 15.7 Å². The van der Waals surface area contributed by atoms with E-state index in [0.29, 0.717) is 6.42 Å². The van der Waals surface area contributed by atoms with E-state index in [9.17, 15) is 9.59 Å². The largest absolute Gasteiger partial charge is 0.480 e. The second-order valence-electron chi connectivity index (χ2n) is 5.75. The lowest BCUT2D eigenvalue weighted by Crippen LogP contribution is -2.54. The zero-order valence-corrected chi connectivity index (χ0v) is 11.5. The molecule has 0 radical (unpaired) electrons. The van der Waals surface area contributed by atoms with E-state index in [4.69, 9.17) is 5.11 Å². The molecule has 0 saturated heterocycles. The number of carboxylic acids is 1. The Morgan fingerprint density at radius 3 is 2.22 bits per heavy atom. The summed E-state index contributed by atoms with van der Waals surface area (Å²) in [5.41, 5.74) is -1.36. The molecule has 0 bridgehead atoms. The van der Waals surface area contributed by atoms with E-state index in [1.165, 1.54) is 20.3 Å². The van der Waals surface area contributed by atoms with Gasteiger partial charge in [-0.2, -0.15) is 0 Å². The van der Waals surface area contributed by atoms with E-state index in [1.54, 1.807) is 0 Å². The third kappa shape index (κ3) is 3.70. The zero-order valence-electron chi connectivity index (χ0n) is 11.5. The van der Waals surface area contributed by atoms with E-state index in [0.717, 1.165) is 25.7 Å². The normalized spacial score (nSPS) is 19.3.